The molecule has 0 fully saturated rings. The fraction of sp³-hybridized carbons (Fsp3) is 0.118. The van der Waals surface area contributed by atoms with E-state index in [1.165, 1.54) is 10.9 Å². The number of aromatic nitrogens is 2. The monoisotopic (exact) mass is 688 g/mol. The molecular weight excluding hydrogens is 661 g/mol. The summed E-state index contributed by atoms with van der Waals surface area (Å²) < 4.78 is 8.17. The van der Waals surface area contributed by atoms with Gasteiger partial charge in [-0.2, -0.15) is 24.3 Å². The van der Waals surface area contributed by atoms with Gasteiger partial charge in [0.2, 0.25) is 0 Å². The molecule has 0 aliphatic heterocycles. The first-order valence-corrected chi connectivity index (χ1v) is 12.4. The van der Waals surface area contributed by atoms with E-state index in [2.05, 4.69) is 84.8 Å². The molecule has 6 aromatic rings. The minimum absolute atomic E-state index is 0. The molecule has 196 valence electrons. The molecule has 0 bridgehead atoms. The maximum Gasteiger partial charge on any atom is 0.187 e. The number of hydrogen-bond acceptors (Lipinski definition) is 2. The number of benzene rings is 4. The molecule has 0 radical (unpaired) electrons. The molecule has 0 atom stereocenters. The molecule has 0 unspecified atom stereocenters. The number of hydrogen-bond donors (Lipinski definition) is 0. The predicted octanol–water partition coefficient (Wildman–Crippen LogP) is 9.10. The van der Waals surface area contributed by atoms with Gasteiger partial charge in [0.1, 0.15) is 5.82 Å². The molecule has 2 heterocycles. The number of pyridine rings is 1. The van der Waals surface area contributed by atoms with E-state index in [9.17, 15) is 0 Å². The van der Waals surface area contributed by atoms with Crippen molar-refractivity contribution in [2.24, 2.45) is 0 Å². The Hall–Kier alpha value is -4.19. The van der Waals surface area contributed by atoms with Crippen LogP contribution in [0, 0.1) is 18.7 Å². The van der Waals surface area contributed by atoms with Crippen LogP contribution in [0.5, 0.6) is 11.5 Å². The van der Waals surface area contributed by atoms with Gasteiger partial charge in [-0.15, -0.1) is 29.7 Å². The van der Waals surface area contributed by atoms with Crippen molar-refractivity contribution in [3.63, 3.8) is 0 Å². The van der Waals surface area contributed by atoms with Crippen LogP contribution >= 0.6 is 0 Å². The van der Waals surface area contributed by atoms with Gasteiger partial charge in [-0.3, -0.25) is 0 Å². The van der Waals surface area contributed by atoms with Crippen LogP contribution in [0.3, 0.4) is 0 Å². The summed E-state index contributed by atoms with van der Waals surface area (Å²) in [6.07, 6.45) is 1.88. The molecule has 2 aromatic heterocycles. The zero-order valence-corrected chi connectivity index (χ0v) is 24.2. The standard InChI is InChI=1S/C27H22N2O.C7H5N.Pt/c1-27(2,3)19-15-16-28-26(17-19)29-24-12-8-7-11-22(24)23-14-13-21(18-25(23)29)30-20-9-5-4-6-10-20;1-8-7-5-3-2-4-6-7;/h4-9,11-17H,1-3H3;2-6H;/q-2;;. The van der Waals surface area contributed by atoms with Gasteiger partial charge in [-0.25, -0.2) is 9.83 Å². The van der Waals surface area contributed by atoms with Gasteiger partial charge in [0.05, 0.1) is 6.57 Å². The van der Waals surface area contributed by atoms with Crippen molar-refractivity contribution in [3.05, 3.63) is 138 Å². The molecule has 0 saturated carbocycles. The summed E-state index contributed by atoms with van der Waals surface area (Å²) in [6.45, 7) is 13.2. The van der Waals surface area contributed by atoms with Crippen LogP contribution < -0.4 is 4.74 Å². The van der Waals surface area contributed by atoms with Crippen molar-refractivity contribution < 1.29 is 25.8 Å². The summed E-state index contributed by atoms with van der Waals surface area (Å²) in [5.74, 6) is 2.21. The molecule has 0 saturated heterocycles. The van der Waals surface area contributed by atoms with Gasteiger partial charge in [0.25, 0.3) is 0 Å². The Morgan fingerprint density at radius 2 is 1.56 bits per heavy atom. The van der Waals surface area contributed by atoms with Crippen LogP contribution in [-0.2, 0) is 26.5 Å². The Morgan fingerprint density at radius 1 is 0.821 bits per heavy atom. The second-order valence-electron chi connectivity index (χ2n) is 9.87. The van der Waals surface area contributed by atoms with Crippen LogP contribution in [0.4, 0.5) is 5.69 Å². The van der Waals surface area contributed by atoms with Gasteiger partial charge in [0.15, 0.2) is 5.69 Å². The fourth-order valence-corrected chi connectivity index (χ4v) is 4.24. The number of fused-ring (bicyclic) bond motifs is 3. The summed E-state index contributed by atoms with van der Waals surface area (Å²) in [4.78, 5) is 7.93. The smallest absolute Gasteiger partial charge is 0.187 e. The topological polar surface area (TPSA) is 31.4 Å². The van der Waals surface area contributed by atoms with Crippen LogP contribution in [0.15, 0.2) is 109 Å². The molecule has 0 N–H and O–H groups in total. The summed E-state index contributed by atoms with van der Waals surface area (Å²) in [6, 6.07) is 40.0. The van der Waals surface area contributed by atoms with Crippen molar-refractivity contribution >= 4 is 27.5 Å². The minimum atomic E-state index is 0. The number of para-hydroxylation sites is 3. The quantitative estimate of drug-likeness (QED) is 0.174. The number of nitrogens with zero attached hydrogens (tertiary/aromatic N) is 3. The molecule has 5 heteroatoms. The van der Waals surface area contributed by atoms with Gasteiger partial charge in [-0.1, -0.05) is 74.8 Å². The fourth-order valence-electron chi connectivity index (χ4n) is 4.24. The number of ether oxygens (including phenoxy) is 1. The second-order valence-corrected chi connectivity index (χ2v) is 9.87. The van der Waals surface area contributed by atoms with Gasteiger partial charge < -0.3 is 9.30 Å². The van der Waals surface area contributed by atoms with Crippen LogP contribution in [0.2, 0.25) is 0 Å². The average Bonchev–Trinajstić information content (AvgIpc) is 3.27. The normalized spacial score (nSPS) is 10.7. The molecule has 0 amide bonds. The Kier molecular flexibility index (Phi) is 8.65. The molecule has 4 nitrogen and oxygen atoms in total. The molecule has 0 aliphatic carbocycles. The maximum atomic E-state index is 6.57. The van der Waals surface area contributed by atoms with Crippen molar-refractivity contribution in [2.45, 2.75) is 26.2 Å². The van der Waals surface area contributed by atoms with Crippen molar-refractivity contribution in [2.75, 3.05) is 0 Å². The second kappa shape index (κ2) is 12.1. The van der Waals surface area contributed by atoms with Crippen LogP contribution in [0.1, 0.15) is 26.3 Å². The molecule has 6 rings (SSSR count). The van der Waals surface area contributed by atoms with Crippen LogP contribution in [-0.4, -0.2) is 9.55 Å². The van der Waals surface area contributed by atoms with E-state index in [1.807, 2.05) is 54.7 Å². The third-order valence-electron chi connectivity index (χ3n) is 6.18. The maximum absolute atomic E-state index is 6.57. The average molecular weight is 689 g/mol. The Labute approximate surface area is 244 Å². The molecule has 39 heavy (non-hydrogen) atoms. The third kappa shape index (κ3) is 6.28. The van der Waals surface area contributed by atoms with Crippen LogP contribution in [0.25, 0.3) is 32.5 Å². The zero-order valence-electron chi connectivity index (χ0n) is 22.0. The van der Waals surface area contributed by atoms with Gasteiger partial charge in [-0.05, 0) is 34.6 Å². The third-order valence-corrected chi connectivity index (χ3v) is 6.18. The first-order valence-electron chi connectivity index (χ1n) is 12.4. The largest absolute Gasteiger partial charge is 0.509 e. The van der Waals surface area contributed by atoms with E-state index in [-0.39, 0.29) is 26.5 Å². The van der Waals surface area contributed by atoms with Gasteiger partial charge in [0, 0.05) is 44.3 Å². The summed E-state index contributed by atoms with van der Waals surface area (Å²) >= 11 is 0. The number of rotatable bonds is 3. The molecule has 4 aromatic carbocycles. The molecular formula is C34H27N3OPt-2. The van der Waals surface area contributed by atoms with E-state index in [0.29, 0.717) is 17.2 Å². The molecule has 0 spiro atoms. The Balaban J connectivity index is 0.000000339. The van der Waals surface area contributed by atoms with Gasteiger partial charge >= 0.3 is 0 Å². The van der Waals surface area contributed by atoms with E-state index in [4.69, 9.17) is 16.3 Å². The summed E-state index contributed by atoms with van der Waals surface area (Å²) in [7, 11) is 0. The first-order chi connectivity index (χ1) is 18.4. The SMILES string of the molecule is CC(C)(C)c1ccnc(-n2c3[c-]c(Oc4[c-]cccc4)ccc3c3ccccc32)c1.[C-]#[N+]c1ccccc1.[Pt]. The van der Waals surface area contributed by atoms with E-state index in [1.54, 1.807) is 12.1 Å². The molecule has 0 aliphatic rings. The summed E-state index contributed by atoms with van der Waals surface area (Å²) in [5.41, 5.74) is 4.03. The Bertz CT molecular complexity index is 1730. The summed E-state index contributed by atoms with van der Waals surface area (Å²) in [5, 5.41) is 2.29. The van der Waals surface area contributed by atoms with E-state index < -0.39 is 0 Å². The minimum Gasteiger partial charge on any atom is -0.509 e. The van der Waals surface area contributed by atoms with E-state index in [0.717, 1.165) is 22.2 Å². The Morgan fingerprint density at radius 3 is 2.26 bits per heavy atom. The van der Waals surface area contributed by atoms with Crippen molar-refractivity contribution in [3.8, 4) is 17.3 Å². The predicted molar refractivity (Wildman–Crippen MR) is 154 cm³/mol. The van der Waals surface area contributed by atoms with E-state index >= 15 is 0 Å². The van der Waals surface area contributed by atoms with Crippen molar-refractivity contribution in [1.82, 2.24) is 9.55 Å². The zero-order chi connectivity index (χ0) is 26.5. The van der Waals surface area contributed by atoms with Crippen molar-refractivity contribution in [1.29, 1.82) is 0 Å². The first kappa shape index (κ1) is 27.8.